The van der Waals surface area contributed by atoms with Crippen LogP contribution in [0.3, 0.4) is 0 Å². The molecule has 0 fully saturated rings. The van der Waals surface area contributed by atoms with Crippen molar-refractivity contribution in [3.05, 3.63) is 68.7 Å². The molecule has 2 nitrogen and oxygen atoms in total. The standard InChI is InChI=1S/C22H21Br2NOS/c1-14-9-22-19(11-20(14)24)18-10-15(23)7-8-21(18)25(22)12-16(26)13-27-17-5-3-2-4-6-17/h2-8,10-11,14,16,26H,9,12-13H2,1H3. The van der Waals surface area contributed by atoms with Gasteiger partial charge in [-0.05, 0) is 53.2 Å². The third kappa shape index (κ3) is 4.07. The number of benzene rings is 2. The van der Waals surface area contributed by atoms with E-state index in [-0.39, 0.29) is 0 Å². The van der Waals surface area contributed by atoms with E-state index < -0.39 is 6.10 Å². The van der Waals surface area contributed by atoms with E-state index in [1.54, 1.807) is 11.8 Å². The molecule has 1 aliphatic rings. The van der Waals surface area contributed by atoms with Crippen LogP contribution in [0.5, 0.6) is 0 Å². The van der Waals surface area contributed by atoms with Crippen LogP contribution in [0.25, 0.3) is 17.0 Å². The van der Waals surface area contributed by atoms with Crippen LogP contribution < -0.4 is 0 Å². The summed E-state index contributed by atoms with van der Waals surface area (Å²) in [5.74, 6) is 1.14. The van der Waals surface area contributed by atoms with Crippen molar-refractivity contribution in [3.63, 3.8) is 0 Å². The zero-order valence-electron chi connectivity index (χ0n) is 15.0. The van der Waals surface area contributed by atoms with Gasteiger partial charge in [-0.1, -0.05) is 57.0 Å². The van der Waals surface area contributed by atoms with Gasteiger partial charge in [0.15, 0.2) is 0 Å². The van der Waals surface area contributed by atoms with Crippen LogP contribution in [-0.2, 0) is 13.0 Å². The Bertz CT molecular complexity index is 996. The molecule has 1 aliphatic carbocycles. The van der Waals surface area contributed by atoms with Gasteiger partial charge in [0.1, 0.15) is 0 Å². The monoisotopic (exact) mass is 505 g/mol. The zero-order chi connectivity index (χ0) is 19.0. The number of halogens is 2. The van der Waals surface area contributed by atoms with Crippen LogP contribution in [0.4, 0.5) is 0 Å². The molecule has 1 N–H and O–H groups in total. The second kappa shape index (κ2) is 8.16. The normalized spacial score (nSPS) is 17.6. The summed E-state index contributed by atoms with van der Waals surface area (Å²) >= 11 is 9.04. The Hall–Kier alpha value is -1.01. The molecule has 0 bridgehead atoms. The summed E-state index contributed by atoms with van der Waals surface area (Å²) in [4.78, 5) is 1.19. The highest BCUT2D eigenvalue weighted by Gasteiger charge is 2.24. The number of allylic oxidation sites excluding steroid dienone is 1. The van der Waals surface area contributed by atoms with Crippen molar-refractivity contribution < 1.29 is 5.11 Å². The van der Waals surface area contributed by atoms with E-state index >= 15 is 0 Å². The van der Waals surface area contributed by atoms with E-state index in [1.807, 2.05) is 18.2 Å². The Balaban J connectivity index is 1.64. The maximum atomic E-state index is 10.7. The molecule has 0 amide bonds. The molecule has 0 radical (unpaired) electrons. The Labute approximate surface area is 180 Å². The summed E-state index contributed by atoms with van der Waals surface area (Å²) in [5, 5.41) is 12.0. The highest BCUT2D eigenvalue weighted by Crippen LogP contribution is 2.39. The van der Waals surface area contributed by atoms with Gasteiger partial charge >= 0.3 is 0 Å². The van der Waals surface area contributed by atoms with Crippen LogP contribution in [-0.4, -0.2) is 21.5 Å². The maximum Gasteiger partial charge on any atom is 0.0812 e. The highest BCUT2D eigenvalue weighted by atomic mass is 79.9. The summed E-state index contributed by atoms with van der Waals surface area (Å²) in [7, 11) is 0. The minimum Gasteiger partial charge on any atom is -0.390 e. The van der Waals surface area contributed by atoms with Gasteiger partial charge in [-0.3, -0.25) is 0 Å². The SMILES string of the molecule is CC1Cc2c(c3cc(Br)ccc3n2CC(O)CSc2ccccc2)C=C1Br. The van der Waals surface area contributed by atoms with Gasteiger partial charge in [0.05, 0.1) is 6.10 Å². The zero-order valence-corrected chi connectivity index (χ0v) is 19.0. The minimum absolute atomic E-state index is 0.400. The molecule has 2 unspecified atom stereocenters. The van der Waals surface area contributed by atoms with Gasteiger partial charge in [-0.15, -0.1) is 11.8 Å². The number of thioether (sulfide) groups is 1. The average Bonchev–Trinajstić information content (AvgIpc) is 2.94. The van der Waals surface area contributed by atoms with Gasteiger partial charge in [-0.25, -0.2) is 0 Å². The maximum absolute atomic E-state index is 10.7. The lowest BCUT2D eigenvalue weighted by atomic mass is 9.94. The molecule has 2 atom stereocenters. The quantitative estimate of drug-likeness (QED) is 0.400. The predicted molar refractivity (Wildman–Crippen MR) is 123 cm³/mol. The van der Waals surface area contributed by atoms with E-state index in [2.05, 4.69) is 79.8 Å². The lowest BCUT2D eigenvalue weighted by molar-refractivity contribution is 0.178. The molecule has 0 saturated carbocycles. The number of rotatable bonds is 5. The third-order valence-electron chi connectivity index (χ3n) is 5.01. The van der Waals surface area contributed by atoms with Gasteiger partial charge in [0, 0.05) is 43.8 Å². The average molecular weight is 507 g/mol. The summed E-state index contributed by atoms with van der Waals surface area (Å²) in [6.07, 6.45) is 2.83. The van der Waals surface area contributed by atoms with Crippen molar-refractivity contribution in [2.24, 2.45) is 5.92 Å². The summed E-state index contributed by atoms with van der Waals surface area (Å²) in [6, 6.07) is 16.7. The van der Waals surface area contributed by atoms with Crippen molar-refractivity contribution in [2.75, 3.05) is 5.75 Å². The van der Waals surface area contributed by atoms with Crippen LogP contribution >= 0.6 is 43.6 Å². The lowest BCUT2D eigenvalue weighted by Crippen LogP contribution is -2.21. The van der Waals surface area contributed by atoms with Crippen molar-refractivity contribution in [2.45, 2.75) is 30.9 Å². The summed E-state index contributed by atoms with van der Waals surface area (Å²) in [6.45, 7) is 2.86. The largest absolute Gasteiger partial charge is 0.390 e. The molecular weight excluding hydrogens is 486 g/mol. The molecule has 27 heavy (non-hydrogen) atoms. The first-order chi connectivity index (χ1) is 13.0. The number of aliphatic hydroxyl groups excluding tert-OH is 1. The molecule has 2 aromatic carbocycles. The minimum atomic E-state index is -0.400. The number of fused-ring (bicyclic) bond motifs is 3. The topological polar surface area (TPSA) is 25.2 Å². The molecule has 0 aliphatic heterocycles. The van der Waals surface area contributed by atoms with Gasteiger partial charge in [0.2, 0.25) is 0 Å². The highest BCUT2D eigenvalue weighted by molar-refractivity contribution is 9.11. The van der Waals surface area contributed by atoms with E-state index in [0.29, 0.717) is 18.2 Å². The number of hydrogen-bond acceptors (Lipinski definition) is 2. The smallest absolute Gasteiger partial charge is 0.0812 e. The van der Waals surface area contributed by atoms with E-state index in [9.17, 15) is 5.11 Å². The Morgan fingerprint density at radius 2 is 1.96 bits per heavy atom. The third-order valence-corrected chi connectivity index (χ3v) is 7.67. The van der Waals surface area contributed by atoms with Crippen LogP contribution in [0.15, 0.2) is 62.4 Å². The molecule has 1 aromatic heterocycles. The Kier molecular flexibility index (Phi) is 5.83. The summed E-state index contributed by atoms with van der Waals surface area (Å²) in [5.41, 5.74) is 3.79. The molecule has 0 spiro atoms. The van der Waals surface area contributed by atoms with E-state index in [1.165, 1.54) is 31.5 Å². The fourth-order valence-electron chi connectivity index (χ4n) is 3.64. The molecule has 3 aromatic rings. The Morgan fingerprint density at radius 1 is 1.19 bits per heavy atom. The predicted octanol–water partition coefficient (Wildman–Crippen LogP) is 6.49. The van der Waals surface area contributed by atoms with E-state index in [0.717, 1.165) is 10.9 Å². The molecule has 140 valence electrons. The first kappa shape index (κ1) is 19.3. The first-order valence-corrected chi connectivity index (χ1v) is 11.6. The van der Waals surface area contributed by atoms with Crippen molar-refractivity contribution in [3.8, 4) is 0 Å². The molecule has 1 heterocycles. The number of hydrogen-bond donors (Lipinski definition) is 1. The van der Waals surface area contributed by atoms with Crippen LogP contribution in [0.1, 0.15) is 18.2 Å². The van der Waals surface area contributed by atoms with Crippen molar-refractivity contribution in [1.82, 2.24) is 4.57 Å². The Morgan fingerprint density at radius 3 is 2.74 bits per heavy atom. The van der Waals surface area contributed by atoms with Gasteiger partial charge in [0.25, 0.3) is 0 Å². The number of aromatic nitrogens is 1. The van der Waals surface area contributed by atoms with Crippen LogP contribution in [0.2, 0.25) is 0 Å². The van der Waals surface area contributed by atoms with E-state index in [4.69, 9.17) is 0 Å². The fourth-order valence-corrected chi connectivity index (χ4v) is 5.23. The first-order valence-electron chi connectivity index (χ1n) is 9.06. The van der Waals surface area contributed by atoms with Gasteiger partial charge in [-0.2, -0.15) is 0 Å². The second-order valence-corrected chi connectivity index (χ2v) is 9.97. The summed E-state index contributed by atoms with van der Waals surface area (Å²) < 4.78 is 4.65. The van der Waals surface area contributed by atoms with Crippen molar-refractivity contribution >= 4 is 60.6 Å². The molecule has 5 heteroatoms. The van der Waals surface area contributed by atoms with Gasteiger partial charge < -0.3 is 9.67 Å². The molecule has 0 saturated heterocycles. The fraction of sp³-hybridized carbons (Fsp3) is 0.273. The van der Waals surface area contributed by atoms with Crippen LogP contribution in [0, 0.1) is 5.92 Å². The number of nitrogens with zero attached hydrogens (tertiary/aromatic N) is 1. The molecule has 4 rings (SSSR count). The van der Waals surface area contributed by atoms with Crippen molar-refractivity contribution in [1.29, 1.82) is 0 Å². The second-order valence-electron chi connectivity index (χ2n) is 7.04. The molecular formula is C22H21Br2NOS. The number of aliphatic hydroxyl groups is 1. The lowest BCUT2D eigenvalue weighted by Gasteiger charge is -2.21.